The zero-order valence-corrected chi connectivity index (χ0v) is 14.7. The smallest absolute Gasteiger partial charge is 0.329 e. The normalized spacial score (nSPS) is 13.3. The number of rotatable bonds is 8. The molecule has 1 fully saturated rings. The highest BCUT2D eigenvalue weighted by Crippen LogP contribution is 2.36. The van der Waals surface area contributed by atoms with E-state index in [4.69, 9.17) is 21.1 Å². The summed E-state index contributed by atoms with van der Waals surface area (Å²) in [7, 11) is 0. The fraction of sp³-hybridized carbons (Fsp3) is 0.375. The lowest BCUT2D eigenvalue weighted by Gasteiger charge is -2.14. The highest BCUT2D eigenvalue weighted by Gasteiger charge is 2.26. The van der Waals surface area contributed by atoms with E-state index in [1.165, 1.54) is 18.3 Å². The SMILES string of the molecule is CCOc1cc(/C=N\NC(=O)C(=O)NC2CC2)cc(Cl)c1OCC(=O)[O-]. The molecule has 1 aromatic rings. The second-order valence-corrected chi connectivity index (χ2v) is 5.78. The summed E-state index contributed by atoms with van der Waals surface area (Å²) in [5, 5.41) is 16.9. The van der Waals surface area contributed by atoms with Gasteiger partial charge in [-0.15, -0.1) is 0 Å². The Balaban J connectivity index is 2.04. The number of halogens is 1. The molecule has 0 saturated heterocycles. The molecule has 9 nitrogen and oxygen atoms in total. The number of carbonyl (C=O) groups excluding carboxylic acids is 3. The maximum atomic E-state index is 11.6. The van der Waals surface area contributed by atoms with Crippen molar-refractivity contribution in [2.45, 2.75) is 25.8 Å². The van der Waals surface area contributed by atoms with E-state index in [2.05, 4.69) is 15.8 Å². The van der Waals surface area contributed by atoms with Gasteiger partial charge in [0.2, 0.25) is 0 Å². The van der Waals surface area contributed by atoms with Gasteiger partial charge in [-0.2, -0.15) is 5.10 Å². The van der Waals surface area contributed by atoms with Gasteiger partial charge >= 0.3 is 11.8 Å². The van der Waals surface area contributed by atoms with E-state index in [9.17, 15) is 19.5 Å². The monoisotopic (exact) mass is 382 g/mol. The van der Waals surface area contributed by atoms with E-state index >= 15 is 0 Å². The number of carbonyl (C=O) groups is 3. The van der Waals surface area contributed by atoms with E-state index in [1.54, 1.807) is 6.92 Å². The molecule has 10 heteroatoms. The van der Waals surface area contributed by atoms with Crippen molar-refractivity contribution in [3.63, 3.8) is 0 Å². The number of carboxylic acids is 1. The molecule has 2 rings (SSSR count). The Morgan fingerprint density at radius 2 is 2.04 bits per heavy atom. The quantitative estimate of drug-likeness (QED) is 0.357. The largest absolute Gasteiger partial charge is 0.546 e. The molecule has 1 aliphatic carbocycles. The molecule has 0 bridgehead atoms. The number of amides is 2. The van der Waals surface area contributed by atoms with E-state index in [0.29, 0.717) is 5.56 Å². The third-order valence-electron chi connectivity index (χ3n) is 3.16. The number of nitrogens with one attached hydrogen (secondary N) is 2. The van der Waals surface area contributed by atoms with E-state index < -0.39 is 24.4 Å². The van der Waals surface area contributed by atoms with Crippen molar-refractivity contribution in [2.24, 2.45) is 5.10 Å². The summed E-state index contributed by atoms with van der Waals surface area (Å²) in [6.07, 6.45) is 3.00. The van der Waals surface area contributed by atoms with Gasteiger partial charge in [-0.1, -0.05) is 11.6 Å². The minimum absolute atomic E-state index is 0.0581. The summed E-state index contributed by atoms with van der Waals surface area (Å²) in [6, 6.07) is 3.01. The van der Waals surface area contributed by atoms with Crippen molar-refractivity contribution in [1.82, 2.24) is 10.7 Å². The van der Waals surface area contributed by atoms with Gasteiger partial charge in [-0.3, -0.25) is 9.59 Å². The van der Waals surface area contributed by atoms with Crippen LogP contribution < -0.4 is 25.3 Å². The predicted octanol–water partition coefficient (Wildman–Crippen LogP) is -0.404. The molecule has 0 spiro atoms. The van der Waals surface area contributed by atoms with Crippen molar-refractivity contribution < 1.29 is 29.0 Å². The molecule has 0 aliphatic heterocycles. The van der Waals surface area contributed by atoms with Gasteiger partial charge in [0.1, 0.15) is 6.61 Å². The fourth-order valence-electron chi connectivity index (χ4n) is 1.89. The minimum atomic E-state index is -1.40. The second kappa shape index (κ2) is 9.04. The van der Waals surface area contributed by atoms with Crippen LogP contribution in [0.4, 0.5) is 0 Å². The molecule has 2 amide bonds. The van der Waals surface area contributed by atoms with Crippen LogP contribution in [0, 0.1) is 0 Å². The van der Waals surface area contributed by atoms with Gasteiger partial charge in [-0.25, -0.2) is 5.43 Å². The number of benzene rings is 1. The van der Waals surface area contributed by atoms with Crippen molar-refractivity contribution in [1.29, 1.82) is 0 Å². The van der Waals surface area contributed by atoms with E-state index in [-0.39, 0.29) is 29.2 Å². The summed E-state index contributed by atoms with van der Waals surface area (Å²) >= 11 is 6.08. The zero-order valence-electron chi connectivity index (χ0n) is 13.9. The molecule has 0 atom stereocenters. The third-order valence-corrected chi connectivity index (χ3v) is 3.45. The number of nitrogens with zero attached hydrogens (tertiary/aromatic N) is 1. The van der Waals surface area contributed by atoms with Gasteiger partial charge in [0, 0.05) is 6.04 Å². The average molecular weight is 383 g/mol. The van der Waals surface area contributed by atoms with Crippen LogP contribution in [-0.2, 0) is 14.4 Å². The average Bonchev–Trinajstić information content (AvgIpc) is 3.38. The standard InChI is InChI=1S/C16H18ClN3O6/c1-2-25-12-6-9(5-11(17)14(12)26-8-13(21)22)7-18-20-16(24)15(23)19-10-3-4-10/h5-7,10H,2-4,8H2,1H3,(H,19,23)(H,20,24)(H,21,22)/p-1/b18-7-. The summed E-state index contributed by atoms with van der Waals surface area (Å²) in [5.41, 5.74) is 2.55. The van der Waals surface area contributed by atoms with Crippen LogP contribution in [0.1, 0.15) is 25.3 Å². The van der Waals surface area contributed by atoms with Gasteiger partial charge in [0.15, 0.2) is 11.5 Å². The van der Waals surface area contributed by atoms with Gasteiger partial charge in [0.25, 0.3) is 0 Å². The molecule has 1 aliphatic rings. The Labute approximate surface area is 154 Å². The Bertz CT molecular complexity index is 733. The Hall–Kier alpha value is -2.81. The molecule has 2 N–H and O–H groups in total. The highest BCUT2D eigenvalue weighted by molar-refractivity contribution is 6.35. The highest BCUT2D eigenvalue weighted by atomic mass is 35.5. The van der Waals surface area contributed by atoms with Crippen LogP contribution in [0.2, 0.25) is 5.02 Å². The lowest BCUT2D eigenvalue weighted by molar-refractivity contribution is -0.307. The minimum Gasteiger partial charge on any atom is -0.546 e. The van der Waals surface area contributed by atoms with Crippen LogP contribution >= 0.6 is 11.6 Å². The van der Waals surface area contributed by atoms with E-state index in [0.717, 1.165) is 12.8 Å². The molecular formula is C16H17ClN3O6-. The number of ether oxygens (including phenoxy) is 2. The van der Waals surface area contributed by atoms with Crippen LogP contribution in [-0.4, -0.2) is 43.3 Å². The first-order valence-electron chi connectivity index (χ1n) is 7.83. The molecule has 0 aromatic heterocycles. The third kappa shape index (κ3) is 5.92. The Morgan fingerprint density at radius 3 is 2.65 bits per heavy atom. The summed E-state index contributed by atoms with van der Waals surface area (Å²) in [6.45, 7) is 1.34. The van der Waals surface area contributed by atoms with Gasteiger partial charge < -0.3 is 24.7 Å². The summed E-state index contributed by atoms with van der Waals surface area (Å²) < 4.78 is 10.4. The molecule has 26 heavy (non-hydrogen) atoms. The zero-order chi connectivity index (χ0) is 19.1. The first-order chi connectivity index (χ1) is 12.4. The van der Waals surface area contributed by atoms with Gasteiger partial charge in [0.05, 0.1) is 23.8 Å². The molecular weight excluding hydrogens is 366 g/mol. The Kier molecular flexibility index (Phi) is 6.79. The maximum Gasteiger partial charge on any atom is 0.329 e. The van der Waals surface area contributed by atoms with Crippen LogP contribution in [0.3, 0.4) is 0 Å². The van der Waals surface area contributed by atoms with Crippen molar-refractivity contribution in [3.8, 4) is 11.5 Å². The Morgan fingerprint density at radius 1 is 1.31 bits per heavy atom. The van der Waals surface area contributed by atoms with Crippen molar-refractivity contribution in [3.05, 3.63) is 22.7 Å². The second-order valence-electron chi connectivity index (χ2n) is 5.37. The van der Waals surface area contributed by atoms with E-state index in [1.807, 2.05) is 0 Å². The number of hydrogen-bond acceptors (Lipinski definition) is 7. The number of carboxylic acid groups (broad SMARTS) is 1. The number of hydrogen-bond donors (Lipinski definition) is 2. The summed E-state index contributed by atoms with van der Waals surface area (Å²) in [4.78, 5) is 33.6. The van der Waals surface area contributed by atoms with Crippen molar-refractivity contribution >= 4 is 35.6 Å². The first kappa shape index (κ1) is 19.5. The molecule has 1 saturated carbocycles. The summed E-state index contributed by atoms with van der Waals surface area (Å²) in [5.74, 6) is -2.76. The first-order valence-corrected chi connectivity index (χ1v) is 8.21. The van der Waals surface area contributed by atoms with Crippen LogP contribution in [0.5, 0.6) is 11.5 Å². The van der Waals surface area contributed by atoms with Gasteiger partial charge in [-0.05, 0) is 37.5 Å². The number of aliphatic carboxylic acids is 1. The molecule has 1 aromatic carbocycles. The molecule has 0 unspecified atom stereocenters. The van der Waals surface area contributed by atoms with Crippen molar-refractivity contribution in [2.75, 3.05) is 13.2 Å². The lowest BCUT2D eigenvalue weighted by Crippen LogP contribution is -2.38. The fourth-order valence-corrected chi connectivity index (χ4v) is 2.17. The topological polar surface area (TPSA) is 129 Å². The maximum absolute atomic E-state index is 11.6. The predicted molar refractivity (Wildman–Crippen MR) is 90.0 cm³/mol. The molecule has 140 valence electrons. The lowest BCUT2D eigenvalue weighted by atomic mass is 10.2. The molecule has 0 radical (unpaired) electrons. The van der Waals surface area contributed by atoms with Crippen LogP contribution in [0.25, 0.3) is 0 Å². The number of hydrazone groups is 1. The van der Waals surface area contributed by atoms with Crippen LogP contribution in [0.15, 0.2) is 17.2 Å². The molecule has 0 heterocycles.